The first kappa shape index (κ1) is 21.0. The highest BCUT2D eigenvalue weighted by atomic mass is 35.5. The minimum atomic E-state index is -0.193. The molecule has 1 aromatic carbocycles. The van der Waals surface area contributed by atoms with E-state index in [-0.39, 0.29) is 16.2 Å². The molecular weight excluding hydrogens is 386 g/mol. The van der Waals surface area contributed by atoms with E-state index in [0.717, 1.165) is 43.0 Å². The molecule has 0 fully saturated rings. The quantitative estimate of drug-likeness (QED) is 0.432. The van der Waals surface area contributed by atoms with Gasteiger partial charge in [-0.2, -0.15) is 0 Å². The molecule has 0 saturated carbocycles. The van der Waals surface area contributed by atoms with Gasteiger partial charge in [-0.15, -0.1) is 10.2 Å². The minimum Gasteiger partial charge on any atom is -0.371 e. The number of carbonyl (C=O) groups excluding carboxylic acids is 2. The maximum atomic E-state index is 11.6. The number of nitrogens with zero attached hydrogens (tertiary/aromatic N) is 4. The number of rotatable bonds is 9. The van der Waals surface area contributed by atoms with E-state index in [2.05, 4.69) is 39.3 Å². The van der Waals surface area contributed by atoms with Gasteiger partial charge < -0.3 is 10.2 Å². The van der Waals surface area contributed by atoms with Gasteiger partial charge in [0.2, 0.25) is 11.0 Å². The van der Waals surface area contributed by atoms with Crippen molar-refractivity contribution >= 4 is 57.3 Å². The Kier molecular flexibility index (Phi) is 7.87. The van der Waals surface area contributed by atoms with Crippen LogP contribution in [0.2, 0.25) is 5.15 Å². The molecule has 144 valence electrons. The number of hydrogen-bond donors (Lipinski definition) is 1. The smallest absolute Gasteiger partial charge is 0.232 e. The molecule has 1 aromatic heterocycles. The van der Waals surface area contributed by atoms with Gasteiger partial charge in [0.1, 0.15) is 10.6 Å². The molecular formula is C18H22ClN5O2S. The van der Waals surface area contributed by atoms with E-state index in [1.54, 1.807) is 6.07 Å². The number of amides is 1. The highest BCUT2D eigenvalue weighted by Crippen LogP contribution is 2.33. The molecule has 0 spiro atoms. The van der Waals surface area contributed by atoms with Crippen molar-refractivity contribution in [1.29, 1.82) is 0 Å². The topological polar surface area (TPSA) is 87.0 Å². The molecule has 0 unspecified atom stereocenters. The van der Waals surface area contributed by atoms with Crippen LogP contribution in [-0.4, -0.2) is 30.3 Å². The van der Waals surface area contributed by atoms with Gasteiger partial charge in [-0.1, -0.05) is 36.8 Å². The monoisotopic (exact) mass is 407 g/mol. The largest absolute Gasteiger partial charge is 0.371 e. The van der Waals surface area contributed by atoms with Crippen LogP contribution in [0.1, 0.15) is 43.3 Å². The number of carbonyl (C=O) groups is 2. The van der Waals surface area contributed by atoms with Crippen LogP contribution in [-0.2, 0) is 4.79 Å². The summed E-state index contributed by atoms with van der Waals surface area (Å²) in [5.41, 5.74) is 2.09. The summed E-state index contributed by atoms with van der Waals surface area (Å²) in [6.07, 6.45) is 2.69. The fourth-order valence-corrected chi connectivity index (χ4v) is 3.41. The molecule has 27 heavy (non-hydrogen) atoms. The maximum absolute atomic E-state index is 11.6. The van der Waals surface area contributed by atoms with Crippen LogP contribution in [0.25, 0.3) is 0 Å². The van der Waals surface area contributed by atoms with Gasteiger partial charge in [0, 0.05) is 25.7 Å². The molecule has 2 aromatic rings. The number of aldehydes is 1. The third-order valence-electron chi connectivity index (χ3n) is 3.59. The molecule has 0 aliphatic carbocycles. The maximum Gasteiger partial charge on any atom is 0.232 e. The van der Waals surface area contributed by atoms with Gasteiger partial charge in [0.15, 0.2) is 11.4 Å². The third-order valence-corrected chi connectivity index (χ3v) is 4.86. The SMILES string of the molecule is CCCN(CCC)c1ccc(N=Nc2nc(Cl)c(C=O)s2)c(NC(C)=O)c1. The predicted molar refractivity (Wildman–Crippen MR) is 110 cm³/mol. The van der Waals surface area contributed by atoms with E-state index < -0.39 is 0 Å². The Morgan fingerprint density at radius 1 is 1.30 bits per heavy atom. The van der Waals surface area contributed by atoms with Crippen molar-refractivity contribution in [3.8, 4) is 0 Å². The standard InChI is InChI=1S/C18H22ClN5O2S/c1-4-8-24(9-5-2)13-6-7-14(15(10-13)20-12(3)26)22-23-18-21-17(19)16(11-25)27-18/h6-7,10-11H,4-5,8-9H2,1-3H3,(H,20,26). The van der Waals surface area contributed by atoms with Crippen molar-refractivity contribution in [2.24, 2.45) is 10.2 Å². The lowest BCUT2D eigenvalue weighted by atomic mass is 10.2. The highest BCUT2D eigenvalue weighted by molar-refractivity contribution is 7.17. The second-order valence-corrected chi connectivity index (χ2v) is 7.21. The second kappa shape index (κ2) is 10.1. The van der Waals surface area contributed by atoms with Crippen LogP contribution in [0.4, 0.5) is 22.2 Å². The molecule has 0 aliphatic rings. The Morgan fingerprint density at radius 2 is 2.00 bits per heavy atom. The fraction of sp³-hybridized carbons (Fsp3) is 0.389. The van der Waals surface area contributed by atoms with Gasteiger partial charge in [-0.3, -0.25) is 9.59 Å². The van der Waals surface area contributed by atoms with Gasteiger partial charge in [-0.05, 0) is 31.0 Å². The van der Waals surface area contributed by atoms with Gasteiger partial charge in [0.25, 0.3) is 0 Å². The lowest BCUT2D eigenvalue weighted by Crippen LogP contribution is -2.24. The van der Waals surface area contributed by atoms with E-state index in [4.69, 9.17) is 11.6 Å². The van der Waals surface area contributed by atoms with Crippen LogP contribution in [0.15, 0.2) is 28.4 Å². The Hall–Kier alpha value is -2.32. The molecule has 7 nitrogen and oxygen atoms in total. The number of hydrogen-bond acceptors (Lipinski definition) is 7. The van der Waals surface area contributed by atoms with Crippen LogP contribution in [0, 0.1) is 0 Å². The predicted octanol–water partition coefficient (Wildman–Crippen LogP) is 5.61. The summed E-state index contributed by atoms with van der Waals surface area (Å²) < 4.78 is 0. The first-order valence-corrected chi connectivity index (χ1v) is 9.87. The lowest BCUT2D eigenvalue weighted by molar-refractivity contribution is -0.114. The highest BCUT2D eigenvalue weighted by Gasteiger charge is 2.11. The van der Waals surface area contributed by atoms with Crippen LogP contribution >= 0.6 is 22.9 Å². The first-order valence-electron chi connectivity index (χ1n) is 8.68. The average molecular weight is 408 g/mol. The third kappa shape index (κ3) is 5.83. The van der Waals surface area contributed by atoms with Crippen LogP contribution in [0.3, 0.4) is 0 Å². The van der Waals surface area contributed by atoms with Crippen molar-refractivity contribution in [1.82, 2.24) is 4.98 Å². The van der Waals surface area contributed by atoms with Gasteiger partial charge in [-0.25, -0.2) is 4.98 Å². The van der Waals surface area contributed by atoms with E-state index in [0.29, 0.717) is 22.5 Å². The second-order valence-electron chi connectivity index (χ2n) is 5.84. The van der Waals surface area contributed by atoms with Crippen LogP contribution in [0.5, 0.6) is 0 Å². The summed E-state index contributed by atoms with van der Waals surface area (Å²) in [5.74, 6) is -0.193. The summed E-state index contributed by atoms with van der Waals surface area (Å²) in [4.78, 5) is 29.0. The summed E-state index contributed by atoms with van der Waals surface area (Å²) >= 11 is 6.90. The number of nitrogens with one attached hydrogen (secondary N) is 1. The average Bonchev–Trinajstić information content (AvgIpc) is 2.99. The summed E-state index contributed by atoms with van der Waals surface area (Å²) in [6, 6.07) is 5.65. The van der Waals surface area contributed by atoms with E-state index >= 15 is 0 Å². The Labute approximate surface area is 167 Å². The van der Waals surface area contributed by atoms with Crippen molar-refractivity contribution in [3.05, 3.63) is 28.2 Å². The summed E-state index contributed by atoms with van der Waals surface area (Å²) in [5, 5.41) is 11.4. The Balaban J connectivity index is 2.35. The fourth-order valence-electron chi connectivity index (χ4n) is 2.52. The first-order chi connectivity index (χ1) is 13.0. The molecule has 0 saturated heterocycles. The van der Waals surface area contributed by atoms with Crippen molar-refractivity contribution in [2.75, 3.05) is 23.3 Å². The zero-order valence-corrected chi connectivity index (χ0v) is 17.1. The van der Waals surface area contributed by atoms with Crippen molar-refractivity contribution in [2.45, 2.75) is 33.6 Å². The molecule has 1 amide bonds. The zero-order valence-electron chi connectivity index (χ0n) is 15.5. The minimum absolute atomic E-state index is 0.108. The lowest BCUT2D eigenvalue weighted by Gasteiger charge is -2.24. The molecule has 0 aliphatic heterocycles. The number of azo groups is 1. The molecule has 0 bridgehead atoms. The number of thiazole rings is 1. The van der Waals surface area contributed by atoms with E-state index in [9.17, 15) is 9.59 Å². The van der Waals surface area contributed by atoms with E-state index in [1.807, 2.05) is 12.1 Å². The molecule has 1 N–H and O–H groups in total. The van der Waals surface area contributed by atoms with Crippen molar-refractivity contribution < 1.29 is 9.59 Å². The van der Waals surface area contributed by atoms with Crippen LogP contribution < -0.4 is 10.2 Å². The Bertz CT molecular complexity index is 831. The molecule has 9 heteroatoms. The van der Waals surface area contributed by atoms with Gasteiger partial charge in [0.05, 0.1) is 5.69 Å². The number of aromatic nitrogens is 1. The normalized spacial score (nSPS) is 11.0. The molecule has 2 rings (SSSR count). The number of benzene rings is 1. The summed E-state index contributed by atoms with van der Waals surface area (Å²) in [6.45, 7) is 7.57. The molecule has 0 radical (unpaired) electrons. The zero-order chi connectivity index (χ0) is 19.8. The van der Waals surface area contributed by atoms with Gasteiger partial charge >= 0.3 is 0 Å². The Morgan fingerprint density at radius 3 is 2.56 bits per heavy atom. The molecule has 1 heterocycles. The van der Waals surface area contributed by atoms with Crippen molar-refractivity contribution in [3.63, 3.8) is 0 Å². The molecule has 0 atom stereocenters. The number of halogens is 1. The van der Waals surface area contributed by atoms with E-state index in [1.165, 1.54) is 6.92 Å². The summed E-state index contributed by atoms with van der Waals surface area (Å²) in [7, 11) is 0. The number of anilines is 2.